The SMILES string of the molecule is CCCCNC(=O)CN(C(C)=O)c1ccc(C)c(Cl)c1. The van der Waals surface area contributed by atoms with Gasteiger partial charge in [0.15, 0.2) is 0 Å². The second-order valence-electron chi connectivity index (χ2n) is 4.74. The molecular weight excluding hydrogens is 276 g/mol. The summed E-state index contributed by atoms with van der Waals surface area (Å²) in [6.07, 6.45) is 1.95. The van der Waals surface area contributed by atoms with Crippen LogP contribution in [0.15, 0.2) is 18.2 Å². The molecule has 1 aromatic carbocycles. The smallest absolute Gasteiger partial charge is 0.240 e. The standard InChI is InChI=1S/C15H21ClN2O2/c1-4-5-8-17-15(20)10-18(12(3)19)13-7-6-11(2)14(16)9-13/h6-7,9H,4-5,8,10H2,1-3H3,(H,17,20). The predicted octanol–water partition coefficient (Wildman–Crippen LogP) is 2.92. The molecule has 0 aliphatic rings. The lowest BCUT2D eigenvalue weighted by atomic mass is 10.2. The molecule has 0 bridgehead atoms. The number of hydrogen-bond acceptors (Lipinski definition) is 2. The number of amides is 2. The number of unbranched alkanes of at least 4 members (excludes halogenated alkanes) is 1. The summed E-state index contributed by atoms with van der Waals surface area (Å²) in [6.45, 7) is 6.03. The molecule has 1 N–H and O–H groups in total. The van der Waals surface area contributed by atoms with Gasteiger partial charge in [-0.2, -0.15) is 0 Å². The first-order chi connectivity index (χ1) is 9.45. The number of anilines is 1. The average molecular weight is 297 g/mol. The van der Waals surface area contributed by atoms with E-state index in [2.05, 4.69) is 12.2 Å². The molecule has 0 aromatic heterocycles. The van der Waals surface area contributed by atoms with Crippen LogP contribution in [-0.2, 0) is 9.59 Å². The molecule has 0 heterocycles. The monoisotopic (exact) mass is 296 g/mol. The molecule has 0 saturated heterocycles. The fourth-order valence-electron chi connectivity index (χ4n) is 1.74. The van der Waals surface area contributed by atoms with Crippen LogP contribution in [0, 0.1) is 6.92 Å². The van der Waals surface area contributed by atoms with Gasteiger partial charge in [-0.15, -0.1) is 0 Å². The lowest BCUT2D eigenvalue weighted by Crippen LogP contribution is -2.40. The zero-order chi connectivity index (χ0) is 15.1. The minimum atomic E-state index is -0.185. The maximum absolute atomic E-state index is 11.8. The summed E-state index contributed by atoms with van der Waals surface area (Å²) in [7, 11) is 0. The van der Waals surface area contributed by atoms with E-state index in [0.717, 1.165) is 18.4 Å². The van der Waals surface area contributed by atoms with Crippen LogP contribution in [-0.4, -0.2) is 24.9 Å². The first-order valence-corrected chi connectivity index (χ1v) is 7.14. The van der Waals surface area contributed by atoms with E-state index in [1.807, 2.05) is 13.0 Å². The van der Waals surface area contributed by atoms with E-state index in [0.29, 0.717) is 17.3 Å². The third-order valence-corrected chi connectivity index (χ3v) is 3.41. The van der Waals surface area contributed by atoms with Crippen molar-refractivity contribution in [3.05, 3.63) is 28.8 Å². The predicted molar refractivity (Wildman–Crippen MR) is 82.1 cm³/mol. The largest absolute Gasteiger partial charge is 0.355 e. The van der Waals surface area contributed by atoms with E-state index < -0.39 is 0 Å². The number of carbonyl (C=O) groups is 2. The summed E-state index contributed by atoms with van der Waals surface area (Å²) < 4.78 is 0. The lowest BCUT2D eigenvalue weighted by molar-refractivity contribution is -0.123. The van der Waals surface area contributed by atoms with Crippen LogP contribution in [0.1, 0.15) is 32.3 Å². The molecule has 0 aliphatic carbocycles. The topological polar surface area (TPSA) is 49.4 Å². The van der Waals surface area contributed by atoms with Crippen LogP contribution in [0.4, 0.5) is 5.69 Å². The molecule has 0 fully saturated rings. The molecule has 0 spiro atoms. The Kier molecular flexibility index (Phi) is 6.52. The number of rotatable bonds is 6. The van der Waals surface area contributed by atoms with Crippen molar-refractivity contribution in [1.29, 1.82) is 0 Å². The highest BCUT2D eigenvalue weighted by Gasteiger charge is 2.16. The van der Waals surface area contributed by atoms with Gasteiger partial charge in [0.25, 0.3) is 0 Å². The van der Waals surface area contributed by atoms with Gasteiger partial charge >= 0.3 is 0 Å². The van der Waals surface area contributed by atoms with Crippen molar-refractivity contribution >= 4 is 29.1 Å². The van der Waals surface area contributed by atoms with Crippen molar-refractivity contribution in [3.63, 3.8) is 0 Å². The van der Waals surface area contributed by atoms with Crippen molar-refractivity contribution < 1.29 is 9.59 Å². The number of nitrogens with one attached hydrogen (secondary N) is 1. The van der Waals surface area contributed by atoms with Gasteiger partial charge in [-0.1, -0.05) is 31.0 Å². The molecule has 0 saturated carbocycles. The molecule has 1 aromatic rings. The minimum Gasteiger partial charge on any atom is -0.355 e. The molecule has 5 heteroatoms. The van der Waals surface area contributed by atoms with E-state index in [1.54, 1.807) is 12.1 Å². The Bertz CT molecular complexity index is 489. The summed E-state index contributed by atoms with van der Waals surface area (Å²) in [4.78, 5) is 25.0. The van der Waals surface area contributed by atoms with Gasteiger partial charge in [-0.05, 0) is 31.0 Å². The van der Waals surface area contributed by atoms with Crippen molar-refractivity contribution in [2.24, 2.45) is 0 Å². The lowest BCUT2D eigenvalue weighted by Gasteiger charge is -2.21. The highest BCUT2D eigenvalue weighted by molar-refractivity contribution is 6.31. The number of halogens is 1. The number of benzene rings is 1. The first kappa shape index (κ1) is 16.5. The van der Waals surface area contributed by atoms with Crippen molar-refractivity contribution in [3.8, 4) is 0 Å². The summed E-state index contributed by atoms with van der Waals surface area (Å²) in [6, 6.07) is 5.34. The summed E-state index contributed by atoms with van der Waals surface area (Å²) in [5, 5.41) is 3.38. The molecule has 0 unspecified atom stereocenters. The normalized spacial score (nSPS) is 10.2. The van der Waals surface area contributed by atoms with Crippen LogP contribution in [0.2, 0.25) is 5.02 Å². The third-order valence-electron chi connectivity index (χ3n) is 3.00. The zero-order valence-corrected chi connectivity index (χ0v) is 13.0. The van der Waals surface area contributed by atoms with Crippen molar-refractivity contribution in [2.45, 2.75) is 33.6 Å². The van der Waals surface area contributed by atoms with Crippen LogP contribution in [0.25, 0.3) is 0 Å². The Balaban J connectivity index is 2.76. The summed E-state index contributed by atoms with van der Waals surface area (Å²) >= 11 is 6.06. The van der Waals surface area contributed by atoms with Crippen LogP contribution in [0.5, 0.6) is 0 Å². The maximum atomic E-state index is 11.8. The summed E-state index contributed by atoms with van der Waals surface area (Å²) in [5.74, 6) is -0.346. The number of carbonyl (C=O) groups excluding carboxylic acids is 2. The highest BCUT2D eigenvalue weighted by atomic mass is 35.5. The van der Waals surface area contributed by atoms with Gasteiger partial charge in [-0.25, -0.2) is 0 Å². The fourth-order valence-corrected chi connectivity index (χ4v) is 1.91. The van der Waals surface area contributed by atoms with Gasteiger partial charge in [0.05, 0.1) is 0 Å². The molecule has 0 aliphatic heterocycles. The molecule has 1 rings (SSSR count). The van der Waals surface area contributed by atoms with Crippen molar-refractivity contribution in [2.75, 3.05) is 18.0 Å². The molecule has 0 radical (unpaired) electrons. The minimum absolute atomic E-state index is 0.0123. The number of hydrogen-bond donors (Lipinski definition) is 1. The Hall–Kier alpha value is -1.55. The molecule has 4 nitrogen and oxygen atoms in total. The van der Waals surface area contributed by atoms with E-state index in [4.69, 9.17) is 11.6 Å². The fraction of sp³-hybridized carbons (Fsp3) is 0.467. The molecule has 110 valence electrons. The molecule has 2 amide bonds. The second kappa shape index (κ2) is 7.90. The molecule has 20 heavy (non-hydrogen) atoms. The van der Waals surface area contributed by atoms with Gasteiger partial charge < -0.3 is 10.2 Å². The van der Waals surface area contributed by atoms with Crippen LogP contribution < -0.4 is 10.2 Å². The highest BCUT2D eigenvalue weighted by Crippen LogP contribution is 2.23. The number of aryl methyl sites for hydroxylation is 1. The molecule has 0 atom stereocenters. The Morgan fingerprint density at radius 3 is 2.60 bits per heavy atom. The van der Waals surface area contributed by atoms with Crippen LogP contribution in [0.3, 0.4) is 0 Å². The Labute approximate surface area is 125 Å². The van der Waals surface area contributed by atoms with Gasteiger partial charge in [0.2, 0.25) is 11.8 Å². The Morgan fingerprint density at radius 1 is 1.35 bits per heavy atom. The van der Waals surface area contributed by atoms with E-state index >= 15 is 0 Å². The van der Waals surface area contributed by atoms with Gasteiger partial charge in [-0.3, -0.25) is 9.59 Å². The van der Waals surface area contributed by atoms with Crippen molar-refractivity contribution in [1.82, 2.24) is 5.32 Å². The van der Waals surface area contributed by atoms with Gasteiger partial charge in [0.1, 0.15) is 6.54 Å². The second-order valence-corrected chi connectivity index (χ2v) is 5.15. The maximum Gasteiger partial charge on any atom is 0.240 e. The first-order valence-electron chi connectivity index (χ1n) is 6.76. The van der Waals surface area contributed by atoms with E-state index in [-0.39, 0.29) is 18.4 Å². The van der Waals surface area contributed by atoms with Gasteiger partial charge in [0, 0.05) is 24.2 Å². The zero-order valence-electron chi connectivity index (χ0n) is 12.2. The third kappa shape index (κ3) is 4.85. The van der Waals surface area contributed by atoms with E-state index in [9.17, 15) is 9.59 Å². The van der Waals surface area contributed by atoms with Crippen LogP contribution >= 0.6 is 11.6 Å². The quantitative estimate of drug-likeness (QED) is 0.821. The average Bonchev–Trinajstić information content (AvgIpc) is 2.39. The van der Waals surface area contributed by atoms with E-state index in [1.165, 1.54) is 11.8 Å². The Morgan fingerprint density at radius 2 is 2.05 bits per heavy atom. The molecular formula is C15H21ClN2O2. The number of nitrogens with zero attached hydrogens (tertiary/aromatic N) is 1. The summed E-state index contributed by atoms with van der Waals surface area (Å²) in [5.41, 5.74) is 1.57.